The van der Waals surface area contributed by atoms with Gasteiger partial charge >= 0.3 is 0 Å². The molecule has 0 aliphatic heterocycles. The first-order chi connectivity index (χ1) is 10.7. The van der Waals surface area contributed by atoms with Gasteiger partial charge in [-0.2, -0.15) is 0 Å². The average Bonchev–Trinajstić information content (AvgIpc) is 2.53. The summed E-state index contributed by atoms with van der Waals surface area (Å²) in [7, 11) is 3.22. The first-order valence-electron chi connectivity index (χ1n) is 7.44. The van der Waals surface area contributed by atoms with Crippen molar-refractivity contribution in [2.24, 2.45) is 0 Å². The molecule has 0 amide bonds. The molecular weight excluding hydrogens is 278 g/mol. The van der Waals surface area contributed by atoms with E-state index in [-0.39, 0.29) is 0 Å². The Kier molecular flexibility index (Phi) is 5.58. The topological polar surface area (TPSA) is 56.3 Å². The van der Waals surface area contributed by atoms with Gasteiger partial charge < -0.3 is 14.8 Å². The van der Waals surface area contributed by atoms with Crippen molar-refractivity contribution >= 4 is 16.9 Å². The van der Waals surface area contributed by atoms with Crippen LogP contribution in [0.1, 0.15) is 26.7 Å². The first kappa shape index (κ1) is 16.1. The molecular formula is C17H23N3O2. The van der Waals surface area contributed by atoms with E-state index in [1.807, 2.05) is 19.1 Å². The van der Waals surface area contributed by atoms with Crippen LogP contribution in [-0.4, -0.2) is 30.2 Å². The highest BCUT2D eigenvalue weighted by atomic mass is 16.5. The van der Waals surface area contributed by atoms with Crippen LogP contribution < -0.4 is 14.8 Å². The summed E-state index contributed by atoms with van der Waals surface area (Å²) < 4.78 is 10.6. The van der Waals surface area contributed by atoms with Gasteiger partial charge in [0.2, 0.25) is 0 Å². The number of methoxy groups -OCH3 is 2. The smallest absolute Gasteiger partial charge is 0.163 e. The highest BCUT2D eigenvalue weighted by Crippen LogP contribution is 2.30. The van der Waals surface area contributed by atoms with E-state index < -0.39 is 0 Å². The van der Waals surface area contributed by atoms with Gasteiger partial charge in [-0.25, -0.2) is 4.98 Å². The normalized spacial score (nSPS) is 12.5. The largest absolute Gasteiger partial charge is 0.493 e. The molecule has 1 N–H and O–H groups in total. The van der Waals surface area contributed by atoms with Gasteiger partial charge in [0.05, 0.1) is 31.4 Å². The minimum absolute atomic E-state index is 0.336. The number of ether oxygens (including phenoxy) is 2. The number of rotatable bonds is 7. The van der Waals surface area contributed by atoms with Crippen LogP contribution in [0.15, 0.2) is 30.5 Å². The van der Waals surface area contributed by atoms with Gasteiger partial charge in [0.25, 0.3) is 0 Å². The molecule has 1 aromatic carbocycles. The number of benzene rings is 1. The van der Waals surface area contributed by atoms with E-state index in [1.54, 1.807) is 20.4 Å². The maximum atomic E-state index is 5.31. The molecule has 1 aromatic heterocycles. The van der Waals surface area contributed by atoms with Crippen LogP contribution in [0.4, 0.5) is 5.82 Å². The van der Waals surface area contributed by atoms with E-state index in [1.165, 1.54) is 0 Å². The van der Waals surface area contributed by atoms with Gasteiger partial charge in [-0.15, -0.1) is 0 Å². The zero-order chi connectivity index (χ0) is 15.9. The third-order valence-corrected chi connectivity index (χ3v) is 3.44. The minimum atomic E-state index is 0.336. The summed E-state index contributed by atoms with van der Waals surface area (Å²) in [5, 5.41) is 3.38. The van der Waals surface area contributed by atoms with E-state index >= 15 is 0 Å². The molecule has 1 unspecified atom stereocenters. The quantitative estimate of drug-likeness (QED) is 0.788. The Morgan fingerprint density at radius 3 is 2.50 bits per heavy atom. The van der Waals surface area contributed by atoms with E-state index in [4.69, 9.17) is 9.47 Å². The van der Waals surface area contributed by atoms with Gasteiger partial charge in [-0.3, -0.25) is 4.98 Å². The second kappa shape index (κ2) is 7.64. The molecule has 2 aromatic rings. The summed E-state index contributed by atoms with van der Waals surface area (Å²) in [6.45, 7) is 4.18. The maximum absolute atomic E-state index is 5.31. The van der Waals surface area contributed by atoms with E-state index in [9.17, 15) is 0 Å². The van der Waals surface area contributed by atoms with E-state index in [2.05, 4.69) is 34.4 Å². The second-order valence-electron chi connectivity index (χ2n) is 5.14. The van der Waals surface area contributed by atoms with Crippen molar-refractivity contribution in [2.45, 2.75) is 32.7 Å². The fraction of sp³-hybridized carbons (Fsp3) is 0.412. The Morgan fingerprint density at radius 2 is 1.86 bits per heavy atom. The number of hydrogen-bond donors (Lipinski definition) is 1. The third-order valence-electron chi connectivity index (χ3n) is 3.44. The van der Waals surface area contributed by atoms with Crippen molar-refractivity contribution in [3.8, 4) is 11.5 Å². The molecule has 0 saturated heterocycles. The molecule has 0 aliphatic rings. The highest BCUT2D eigenvalue weighted by molar-refractivity contribution is 5.80. The molecule has 0 saturated carbocycles. The van der Waals surface area contributed by atoms with Gasteiger partial charge in [0, 0.05) is 18.2 Å². The van der Waals surface area contributed by atoms with E-state index in [0.29, 0.717) is 17.5 Å². The molecule has 0 fully saturated rings. The third kappa shape index (κ3) is 3.87. The molecule has 1 atom stereocenters. The first-order valence-corrected chi connectivity index (χ1v) is 7.44. The van der Waals surface area contributed by atoms with Crippen molar-refractivity contribution in [1.29, 1.82) is 0 Å². The number of hydrogen-bond acceptors (Lipinski definition) is 5. The van der Waals surface area contributed by atoms with Gasteiger partial charge in [0.15, 0.2) is 11.5 Å². The fourth-order valence-corrected chi connectivity index (χ4v) is 2.25. The van der Waals surface area contributed by atoms with Crippen LogP contribution in [0.5, 0.6) is 11.5 Å². The lowest BCUT2D eigenvalue weighted by Crippen LogP contribution is -2.15. The summed E-state index contributed by atoms with van der Waals surface area (Å²) in [6, 6.07) is 4.01. The standard InChI is InChI=1S/C17H23N3O2/c1-5-6-7-8-12(2)19-17-11-18-13-9-15(21-3)16(22-4)10-14(13)20-17/h5-6,9-12H,7-8H2,1-4H3,(H,19,20). The van der Waals surface area contributed by atoms with Crippen LogP contribution >= 0.6 is 0 Å². The lowest BCUT2D eigenvalue weighted by Gasteiger charge is -2.14. The molecule has 0 bridgehead atoms. The van der Waals surface area contributed by atoms with Crippen molar-refractivity contribution in [2.75, 3.05) is 19.5 Å². The molecule has 118 valence electrons. The second-order valence-corrected chi connectivity index (χ2v) is 5.14. The summed E-state index contributed by atoms with van der Waals surface area (Å²) in [5.74, 6) is 2.08. The number of nitrogens with zero attached hydrogens (tertiary/aromatic N) is 2. The van der Waals surface area contributed by atoms with Crippen molar-refractivity contribution in [1.82, 2.24) is 9.97 Å². The molecule has 5 nitrogen and oxygen atoms in total. The summed E-state index contributed by atoms with van der Waals surface area (Å²) in [5.41, 5.74) is 1.56. The molecule has 0 radical (unpaired) electrons. The van der Waals surface area contributed by atoms with Gasteiger partial charge in [0.1, 0.15) is 5.82 Å². The Morgan fingerprint density at radius 1 is 1.18 bits per heavy atom. The molecule has 22 heavy (non-hydrogen) atoms. The van der Waals surface area contributed by atoms with E-state index in [0.717, 1.165) is 29.7 Å². The molecule has 1 heterocycles. The van der Waals surface area contributed by atoms with Gasteiger partial charge in [-0.05, 0) is 26.7 Å². The summed E-state index contributed by atoms with van der Waals surface area (Å²) in [4.78, 5) is 9.04. The molecule has 0 aliphatic carbocycles. The molecule has 2 rings (SSSR count). The molecule has 5 heteroatoms. The van der Waals surface area contributed by atoms with Crippen LogP contribution in [0.2, 0.25) is 0 Å². The minimum Gasteiger partial charge on any atom is -0.493 e. The van der Waals surface area contributed by atoms with Crippen molar-refractivity contribution in [3.63, 3.8) is 0 Å². The Labute approximate surface area is 131 Å². The van der Waals surface area contributed by atoms with Crippen LogP contribution in [0.3, 0.4) is 0 Å². The number of allylic oxidation sites excluding steroid dienone is 2. The monoisotopic (exact) mass is 301 g/mol. The number of fused-ring (bicyclic) bond motifs is 1. The highest BCUT2D eigenvalue weighted by Gasteiger charge is 2.09. The zero-order valence-corrected chi connectivity index (χ0v) is 13.6. The lowest BCUT2D eigenvalue weighted by atomic mass is 10.2. The van der Waals surface area contributed by atoms with Crippen molar-refractivity contribution < 1.29 is 9.47 Å². The average molecular weight is 301 g/mol. The predicted molar refractivity (Wildman–Crippen MR) is 89.8 cm³/mol. The lowest BCUT2D eigenvalue weighted by molar-refractivity contribution is 0.355. The maximum Gasteiger partial charge on any atom is 0.163 e. The van der Waals surface area contributed by atoms with Crippen LogP contribution in [0, 0.1) is 0 Å². The zero-order valence-electron chi connectivity index (χ0n) is 13.6. The number of anilines is 1. The molecule has 0 spiro atoms. The van der Waals surface area contributed by atoms with Crippen LogP contribution in [-0.2, 0) is 0 Å². The fourth-order valence-electron chi connectivity index (χ4n) is 2.25. The summed E-state index contributed by atoms with van der Waals surface area (Å²) >= 11 is 0. The Balaban J connectivity index is 2.19. The Bertz CT molecular complexity index is 656. The van der Waals surface area contributed by atoms with Gasteiger partial charge in [-0.1, -0.05) is 12.2 Å². The predicted octanol–water partition coefficient (Wildman–Crippen LogP) is 3.80. The van der Waals surface area contributed by atoms with Crippen molar-refractivity contribution in [3.05, 3.63) is 30.5 Å². The number of aromatic nitrogens is 2. The SMILES string of the molecule is CC=CCCC(C)Nc1cnc2cc(OC)c(OC)cc2n1. The number of nitrogens with one attached hydrogen (secondary N) is 1. The summed E-state index contributed by atoms with van der Waals surface area (Å²) in [6.07, 6.45) is 8.09. The Hall–Kier alpha value is -2.30. The van der Waals surface area contributed by atoms with Crippen LogP contribution in [0.25, 0.3) is 11.0 Å².